The SMILES string of the molecule is CC1COC(c2ccccc2)CN1C(=O)Cc1cccs1. The Labute approximate surface area is 129 Å². The Morgan fingerprint density at radius 1 is 1.29 bits per heavy atom. The summed E-state index contributed by atoms with van der Waals surface area (Å²) in [5.74, 6) is 0.189. The van der Waals surface area contributed by atoms with Crippen LogP contribution in [-0.2, 0) is 16.0 Å². The van der Waals surface area contributed by atoms with Crippen molar-refractivity contribution in [2.24, 2.45) is 0 Å². The van der Waals surface area contributed by atoms with Gasteiger partial charge in [0, 0.05) is 4.88 Å². The maximum absolute atomic E-state index is 12.5. The van der Waals surface area contributed by atoms with Crippen molar-refractivity contribution in [1.82, 2.24) is 4.90 Å². The monoisotopic (exact) mass is 301 g/mol. The van der Waals surface area contributed by atoms with Crippen LogP contribution in [0.4, 0.5) is 0 Å². The molecule has 1 saturated heterocycles. The van der Waals surface area contributed by atoms with Crippen LogP contribution in [-0.4, -0.2) is 30.0 Å². The molecule has 2 aromatic rings. The van der Waals surface area contributed by atoms with Gasteiger partial charge < -0.3 is 9.64 Å². The van der Waals surface area contributed by atoms with Crippen LogP contribution in [0.3, 0.4) is 0 Å². The highest BCUT2D eigenvalue weighted by atomic mass is 32.1. The van der Waals surface area contributed by atoms with Crippen LogP contribution in [0, 0.1) is 0 Å². The van der Waals surface area contributed by atoms with Crippen molar-refractivity contribution in [1.29, 1.82) is 0 Å². The van der Waals surface area contributed by atoms with Crippen molar-refractivity contribution in [2.75, 3.05) is 13.2 Å². The second-order valence-corrected chi connectivity index (χ2v) is 6.42. The largest absolute Gasteiger partial charge is 0.370 e. The Bertz CT molecular complexity index is 582. The van der Waals surface area contributed by atoms with Crippen LogP contribution in [0.1, 0.15) is 23.5 Å². The van der Waals surface area contributed by atoms with Crippen molar-refractivity contribution in [3.63, 3.8) is 0 Å². The number of benzene rings is 1. The van der Waals surface area contributed by atoms with Gasteiger partial charge in [-0.1, -0.05) is 36.4 Å². The molecule has 110 valence electrons. The molecule has 1 aliphatic rings. The molecule has 0 aliphatic carbocycles. The number of carbonyl (C=O) groups excluding carboxylic acids is 1. The van der Waals surface area contributed by atoms with Crippen molar-refractivity contribution in [3.8, 4) is 0 Å². The Balaban J connectivity index is 1.70. The summed E-state index contributed by atoms with van der Waals surface area (Å²) in [6, 6.07) is 14.3. The summed E-state index contributed by atoms with van der Waals surface area (Å²) >= 11 is 1.63. The van der Waals surface area contributed by atoms with E-state index in [4.69, 9.17) is 4.74 Å². The van der Waals surface area contributed by atoms with Crippen LogP contribution in [0.25, 0.3) is 0 Å². The molecule has 0 radical (unpaired) electrons. The maximum atomic E-state index is 12.5. The average molecular weight is 301 g/mol. The molecule has 1 fully saturated rings. The van der Waals surface area contributed by atoms with Gasteiger partial charge in [-0.05, 0) is 23.9 Å². The van der Waals surface area contributed by atoms with Crippen LogP contribution >= 0.6 is 11.3 Å². The quantitative estimate of drug-likeness (QED) is 0.870. The minimum absolute atomic E-state index is 0.0188. The lowest BCUT2D eigenvalue weighted by Gasteiger charge is -2.38. The van der Waals surface area contributed by atoms with Crippen molar-refractivity contribution >= 4 is 17.2 Å². The van der Waals surface area contributed by atoms with Crippen molar-refractivity contribution in [2.45, 2.75) is 25.5 Å². The summed E-state index contributed by atoms with van der Waals surface area (Å²) in [7, 11) is 0. The highest BCUT2D eigenvalue weighted by Gasteiger charge is 2.30. The summed E-state index contributed by atoms with van der Waals surface area (Å²) in [5.41, 5.74) is 1.14. The third kappa shape index (κ3) is 3.34. The van der Waals surface area contributed by atoms with Gasteiger partial charge in [0.25, 0.3) is 0 Å². The Morgan fingerprint density at radius 2 is 2.10 bits per heavy atom. The summed E-state index contributed by atoms with van der Waals surface area (Å²) < 4.78 is 5.90. The van der Waals surface area contributed by atoms with Crippen molar-refractivity contribution in [3.05, 3.63) is 58.3 Å². The van der Waals surface area contributed by atoms with Gasteiger partial charge in [-0.3, -0.25) is 4.79 Å². The van der Waals surface area contributed by atoms with Gasteiger partial charge in [-0.2, -0.15) is 0 Å². The molecule has 2 unspecified atom stereocenters. The fraction of sp³-hybridized carbons (Fsp3) is 0.353. The molecule has 1 amide bonds. The van der Waals surface area contributed by atoms with Gasteiger partial charge >= 0.3 is 0 Å². The highest BCUT2D eigenvalue weighted by molar-refractivity contribution is 7.10. The van der Waals surface area contributed by atoms with Crippen LogP contribution in [0.15, 0.2) is 47.8 Å². The smallest absolute Gasteiger partial charge is 0.228 e. The number of morpholine rings is 1. The first kappa shape index (κ1) is 14.3. The molecule has 0 spiro atoms. The molecule has 0 bridgehead atoms. The minimum Gasteiger partial charge on any atom is -0.370 e. The van der Waals surface area contributed by atoms with Gasteiger partial charge in [0.05, 0.1) is 25.6 Å². The third-order valence-corrected chi connectivity index (χ3v) is 4.71. The Morgan fingerprint density at radius 3 is 2.81 bits per heavy atom. The highest BCUT2D eigenvalue weighted by Crippen LogP contribution is 2.25. The van der Waals surface area contributed by atoms with Gasteiger partial charge in [0.2, 0.25) is 5.91 Å². The molecule has 1 aromatic carbocycles. The van der Waals surface area contributed by atoms with Gasteiger partial charge in [0.15, 0.2) is 0 Å². The number of thiophene rings is 1. The summed E-state index contributed by atoms with van der Waals surface area (Å²) in [6.07, 6.45) is 0.471. The summed E-state index contributed by atoms with van der Waals surface area (Å²) in [5, 5.41) is 2.01. The van der Waals surface area contributed by atoms with Crippen LogP contribution < -0.4 is 0 Å². The fourth-order valence-electron chi connectivity index (χ4n) is 2.64. The number of carbonyl (C=O) groups is 1. The second-order valence-electron chi connectivity index (χ2n) is 5.38. The van der Waals surface area contributed by atoms with E-state index in [0.29, 0.717) is 19.6 Å². The molecular formula is C17H19NO2S. The topological polar surface area (TPSA) is 29.5 Å². The number of amides is 1. The predicted molar refractivity (Wildman–Crippen MR) is 84.3 cm³/mol. The molecule has 0 N–H and O–H groups in total. The normalized spacial score (nSPS) is 22.2. The van der Waals surface area contributed by atoms with Crippen LogP contribution in [0.2, 0.25) is 0 Å². The van der Waals surface area contributed by atoms with E-state index in [0.717, 1.165) is 10.4 Å². The Kier molecular flexibility index (Phi) is 4.36. The van der Waals surface area contributed by atoms with Crippen LogP contribution in [0.5, 0.6) is 0 Å². The molecule has 2 heterocycles. The van der Waals surface area contributed by atoms with E-state index in [1.54, 1.807) is 11.3 Å². The molecule has 2 atom stereocenters. The first-order valence-electron chi connectivity index (χ1n) is 7.22. The van der Waals surface area contributed by atoms with E-state index < -0.39 is 0 Å². The first-order valence-corrected chi connectivity index (χ1v) is 8.10. The van der Waals surface area contributed by atoms with E-state index in [2.05, 4.69) is 12.1 Å². The maximum Gasteiger partial charge on any atom is 0.228 e. The van der Waals surface area contributed by atoms with E-state index >= 15 is 0 Å². The second kappa shape index (κ2) is 6.41. The molecule has 21 heavy (non-hydrogen) atoms. The molecule has 3 nitrogen and oxygen atoms in total. The zero-order valence-electron chi connectivity index (χ0n) is 12.1. The lowest BCUT2D eigenvalue weighted by Crippen LogP contribution is -2.48. The number of hydrogen-bond donors (Lipinski definition) is 0. The van der Waals surface area contributed by atoms with E-state index in [1.807, 2.05) is 47.5 Å². The first-order chi connectivity index (χ1) is 10.2. The number of hydrogen-bond acceptors (Lipinski definition) is 3. The zero-order chi connectivity index (χ0) is 14.7. The summed E-state index contributed by atoms with van der Waals surface area (Å²) in [6.45, 7) is 3.28. The molecule has 3 rings (SSSR count). The Hall–Kier alpha value is -1.65. The molecule has 0 saturated carbocycles. The third-order valence-electron chi connectivity index (χ3n) is 3.83. The lowest BCUT2D eigenvalue weighted by molar-refractivity contribution is -0.143. The van der Waals surface area contributed by atoms with Crippen molar-refractivity contribution < 1.29 is 9.53 Å². The molecule has 4 heteroatoms. The number of rotatable bonds is 3. The lowest BCUT2D eigenvalue weighted by atomic mass is 10.1. The molecule has 1 aromatic heterocycles. The average Bonchev–Trinajstić information content (AvgIpc) is 3.01. The zero-order valence-corrected chi connectivity index (χ0v) is 12.9. The number of ether oxygens (including phenoxy) is 1. The van der Waals surface area contributed by atoms with E-state index in [-0.39, 0.29) is 18.1 Å². The number of nitrogens with zero attached hydrogens (tertiary/aromatic N) is 1. The molecular weight excluding hydrogens is 282 g/mol. The van der Waals surface area contributed by atoms with Gasteiger partial charge in [0.1, 0.15) is 6.10 Å². The predicted octanol–water partition coefficient (Wildman–Crippen LogP) is 3.28. The van der Waals surface area contributed by atoms with Gasteiger partial charge in [-0.25, -0.2) is 0 Å². The van der Waals surface area contributed by atoms with E-state index in [9.17, 15) is 4.79 Å². The summed E-state index contributed by atoms with van der Waals surface area (Å²) in [4.78, 5) is 15.6. The van der Waals surface area contributed by atoms with Gasteiger partial charge in [-0.15, -0.1) is 11.3 Å². The minimum atomic E-state index is -0.0188. The standard InChI is InChI=1S/C17H19NO2S/c1-13-12-20-16(14-6-3-2-4-7-14)11-18(13)17(19)10-15-8-5-9-21-15/h2-9,13,16H,10-12H2,1H3. The fourth-order valence-corrected chi connectivity index (χ4v) is 3.33. The van der Waals surface area contributed by atoms with E-state index in [1.165, 1.54) is 0 Å². The molecule has 1 aliphatic heterocycles.